The van der Waals surface area contributed by atoms with Gasteiger partial charge in [-0.1, -0.05) is 20.3 Å². The van der Waals surface area contributed by atoms with Crippen molar-refractivity contribution in [3.05, 3.63) is 0 Å². The first-order valence-electron chi connectivity index (χ1n) is 5.03. The van der Waals surface area contributed by atoms with Gasteiger partial charge in [-0.3, -0.25) is 4.79 Å². The minimum atomic E-state index is -1.32. The van der Waals surface area contributed by atoms with Crippen molar-refractivity contribution < 1.29 is 19.4 Å². The summed E-state index contributed by atoms with van der Waals surface area (Å²) in [4.78, 5) is 10.5. The molecule has 14 heavy (non-hydrogen) atoms. The average Bonchev–Trinajstić information content (AvgIpc) is 2.15. The molecule has 0 bridgehead atoms. The largest absolute Gasteiger partial charge is 0.460 e. The molecule has 4 nitrogen and oxygen atoms in total. The molecule has 4 heteroatoms. The highest BCUT2D eigenvalue weighted by molar-refractivity contribution is 5.65. The Labute approximate surface area is 85.2 Å². The van der Waals surface area contributed by atoms with Crippen molar-refractivity contribution in [2.75, 3.05) is 13.2 Å². The molecule has 1 atom stereocenters. The van der Waals surface area contributed by atoms with Crippen LogP contribution >= 0.6 is 0 Å². The maximum absolute atomic E-state index is 10.5. The molecular formula is C10H20O4. The van der Waals surface area contributed by atoms with Gasteiger partial charge in [0.15, 0.2) is 5.79 Å². The topological polar surface area (TPSA) is 55.8 Å². The van der Waals surface area contributed by atoms with E-state index in [2.05, 4.69) is 0 Å². The second kappa shape index (κ2) is 6.79. The second-order valence-electron chi connectivity index (χ2n) is 3.28. The Morgan fingerprint density at radius 3 is 2.50 bits per heavy atom. The molecule has 0 fully saturated rings. The molecular weight excluding hydrogens is 184 g/mol. The molecule has 0 rings (SSSR count). The Morgan fingerprint density at radius 1 is 1.43 bits per heavy atom. The summed E-state index contributed by atoms with van der Waals surface area (Å²) in [5, 5.41) is 9.80. The summed E-state index contributed by atoms with van der Waals surface area (Å²) in [6.45, 7) is 5.53. The van der Waals surface area contributed by atoms with Gasteiger partial charge in [-0.2, -0.15) is 0 Å². The molecule has 0 aliphatic heterocycles. The lowest BCUT2D eigenvalue weighted by molar-refractivity contribution is -0.232. The van der Waals surface area contributed by atoms with Gasteiger partial charge in [0.2, 0.25) is 0 Å². The lowest BCUT2D eigenvalue weighted by Crippen LogP contribution is -2.38. The zero-order valence-corrected chi connectivity index (χ0v) is 9.21. The number of ether oxygens (including phenoxy) is 2. The van der Waals surface area contributed by atoms with Gasteiger partial charge >= 0.3 is 5.97 Å². The molecule has 1 N–H and O–H groups in total. The van der Waals surface area contributed by atoms with Gasteiger partial charge in [0.05, 0.1) is 6.61 Å². The molecule has 84 valence electrons. The van der Waals surface area contributed by atoms with Crippen molar-refractivity contribution in [3.8, 4) is 0 Å². The van der Waals surface area contributed by atoms with E-state index in [1.807, 2.05) is 6.92 Å². The van der Waals surface area contributed by atoms with Gasteiger partial charge in [0.25, 0.3) is 0 Å². The van der Waals surface area contributed by atoms with Crippen LogP contribution in [0.4, 0.5) is 0 Å². The molecule has 0 saturated heterocycles. The van der Waals surface area contributed by atoms with Crippen molar-refractivity contribution >= 4 is 5.97 Å². The van der Waals surface area contributed by atoms with Crippen LogP contribution in [0.15, 0.2) is 0 Å². The summed E-state index contributed by atoms with van der Waals surface area (Å²) in [6.07, 6.45) is 2.31. The summed E-state index contributed by atoms with van der Waals surface area (Å²) in [5.74, 6) is -1.73. The second-order valence-corrected chi connectivity index (χ2v) is 3.28. The predicted molar refractivity (Wildman–Crippen MR) is 52.7 cm³/mol. The quantitative estimate of drug-likeness (QED) is 0.387. The lowest BCUT2D eigenvalue weighted by Gasteiger charge is -2.26. The van der Waals surface area contributed by atoms with Crippen LogP contribution in [0, 0.1) is 0 Å². The van der Waals surface area contributed by atoms with Gasteiger partial charge in [-0.05, 0) is 6.42 Å². The molecule has 0 aromatic heterocycles. The maximum Gasteiger partial charge on any atom is 0.302 e. The first-order chi connectivity index (χ1) is 6.54. The van der Waals surface area contributed by atoms with Crippen molar-refractivity contribution in [2.24, 2.45) is 0 Å². The van der Waals surface area contributed by atoms with E-state index < -0.39 is 11.8 Å². The Bertz CT molecular complexity index is 170. The van der Waals surface area contributed by atoms with E-state index in [-0.39, 0.29) is 6.61 Å². The Hall–Kier alpha value is -0.610. The van der Waals surface area contributed by atoms with Crippen LogP contribution in [0.3, 0.4) is 0 Å². The number of rotatable bonds is 7. The summed E-state index contributed by atoms with van der Waals surface area (Å²) >= 11 is 0. The Kier molecular flexibility index (Phi) is 6.49. The molecule has 0 aliphatic carbocycles. The van der Waals surface area contributed by atoms with E-state index in [0.717, 1.165) is 12.8 Å². The fourth-order valence-electron chi connectivity index (χ4n) is 0.867. The molecule has 1 unspecified atom stereocenters. The van der Waals surface area contributed by atoms with Crippen LogP contribution in [0.5, 0.6) is 0 Å². The highest BCUT2D eigenvalue weighted by Crippen LogP contribution is 2.13. The molecule has 0 amide bonds. The molecule has 0 aromatic rings. The van der Waals surface area contributed by atoms with Crippen molar-refractivity contribution in [2.45, 2.75) is 45.8 Å². The number of esters is 1. The van der Waals surface area contributed by atoms with E-state index in [4.69, 9.17) is 9.47 Å². The van der Waals surface area contributed by atoms with Crippen molar-refractivity contribution in [1.29, 1.82) is 0 Å². The molecule has 0 saturated carbocycles. The summed E-state index contributed by atoms with van der Waals surface area (Å²) < 4.78 is 9.96. The Balaban J connectivity index is 3.84. The number of hydrogen-bond donors (Lipinski definition) is 1. The molecule has 0 aliphatic rings. The van der Waals surface area contributed by atoms with Gasteiger partial charge in [-0.15, -0.1) is 0 Å². The molecule has 0 aromatic carbocycles. The number of unbranched alkanes of at least 4 members (excludes halogenated alkanes) is 1. The zero-order chi connectivity index (χ0) is 11.0. The number of carbonyl (C=O) groups excluding carboxylic acids is 1. The van der Waals surface area contributed by atoms with Gasteiger partial charge in [0, 0.05) is 13.3 Å². The van der Waals surface area contributed by atoms with Gasteiger partial charge in [0.1, 0.15) is 6.61 Å². The average molecular weight is 204 g/mol. The van der Waals surface area contributed by atoms with Crippen molar-refractivity contribution in [3.63, 3.8) is 0 Å². The van der Waals surface area contributed by atoms with Crippen LogP contribution in [-0.4, -0.2) is 30.1 Å². The van der Waals surface area contributed by atoms with Crippen LogP contribution in [0.1, 0.15) is 40.0 Å². The first kappa shape index (κ1) is 13.4. The predicted octanol–water partition coefficient (Wildman–Crippen LogP) is 1.46. The highest BCUT2D eigenvalue weighted by Gasteiger charge is 2.26. The van der Waals surface area contributed by atoms with Crippen LogP contribution in [0.2, 0.25) is 0 Å². The lowest BCUT2D eigenvalue weighted by atomic mass is 10.2. The van der Waals surface area contributed by atoms with E-state index in [0.29, 0.717) is 13.0 Å². The van der Waals surface area contributed by atoms with Gasteiger partial charge in [-0.25, -0.2) is 0 Å². The molecule has 0 radical (unpaired) electrons. The van der Waals surface area contributed by atoms with Crippen molar-refractivity contribution in [1.82, 2.24) is 0 Å². The fourth-order valence-corrected chi connectivity index (χ4v) is 0.867. The third kappa shape index (κ3) is 5.94. The normalized spacial score (nSPS) is 14.9. The number of hydrogen-bond acceptors (Lipinski definition) is 4. The summed E-state index contributed by atoms with van der Waals surface area (Å²) in [5.41, 5.74) is 0. The number of carbonyl (C=O) groups is 1. The van der Waals surface area contributed by atoms with E-state index in [9.17, 15) is 9.90 Å². The standard InChI is InChI=1S/C10H20O4/c1-4-6-7-14-10(12,5-2)8-13-9(3)11/h12H,4-8H2,1-3H3. The minimum Gasteiger partial charge on any atom is -0.460 e. The smallest absolute Gasteiger partial charge is 0.302 e. The SMILES string of the molecule is CCCCOC(O)(CC)COC(C)=O. The van der Waals surface area contributed by atoms with Crippen LogP contribution in [0.25, 0.3) is 0 Å². The van der Waals surface area contributed by atoms with E-state index in [1.165, 1.54) is 6.92 Å². The van der Waals surface area contributed by atoms with E-state index >= 15 is 0 Å². The highest BCUT2D eigenvalue weighted by atomic mass is 16.7. The Morgan fingerprint density at radius 2 is 2.07 bits per heavy atom. The van der Waals surface area contributed by atoms with Crippen LogP contribution in [-0.2, 0) is 14.3 Å². The van der Waals surface area contributed by atoms with E-state index in [1.54, 1.807) is 6.92 Å². The third-order valence-corrected chi connectivity index (χ3v) is 1.92. The number of aliphatic hydroxyl groups is 1. The molecule has 0 spiro atoms. The maximum atomic E-state index is 10.5. The third-order valence-electron chi connectivity index (χ3n) is 1.92. The minimum absolute atomic E-state index is 0.0947. The fraction of sp³-hybridized carbons (Fsp3) is 0.900. The van der Waals surface area contributed by atoms with Gasteiger partial charge < -0.3 is 14.6 Å². The zero-order valence-electron chi connectivity index (χ0n) is 9.21. The molecule has 0 heterocycles. The van der Waals surface area contributed by atoms with Crippen LogP contribution < -0.4 is 0 Å². The first-order valence-corrected chi connectivity index (χ1v) is 5.03. The monoisotopic (exact) mass is 204 g/mol. The summed E-state index contributed by atoms with van der Waals surface area (Å²) in [7, 11) is 0. The summed E-state index contributed by atoms with van der Waals surface area (Å²) in [6, 6.07) is 0.